The van der Waals surface area contributed by atoms with Crippen molar-refractivity contribution in [1.29, 1.82) is 0 Å². The second-order valence-corrected chi connectivity index (χ2v) is 7.46. The molecule has 0 amide bonds. The van der Waals surface area contributed by atoms with Crippen molar-refractivity contribution in [2.45, 2.75) is 39.5 Å². The maximum atomic E-state index is 6.40. The highest BCUT2D eigenvalue weighted by Crippen LogP contribution is 2.34. The van der Waals surface area contributed by atoms with Crippen LogP contribution in [0.25, 0.3) is 0 Å². The van der Waals surface area contributed by atoms with Gasteiger partial charge in [-0.1, -0.05) is 35.3 Å². The summed E-state index contributed by atoms with van der Waals surface area (Å²) in [6.45, 7) is 7.42. The van der Waals surface area contributed by atoms with E-state index >= 15 is 0 Å². The van der Waals surface area contributed by atoms with Crippen LogP contribution in [0.4, 0.5) is 0 Å². The van der Waals surface area contributed by atoms with Crippen molar-refractivity contribution in [3.63, 3.8) is 0 Å². The maximum Gasteiger partial charge on any atom is 0.163 e. The third-order valence-electron chi connectivity index (χ3n) is 3.45. The molecule has 24 heavy (non-hydrogen) atoms. The summed E-state index contributed by atoms with van der Waals surface area (Å²) in [5.74, 6) is 1.29. The summed E-state index contributed by atoms with van der Waals surface area (Å²) in [4.78, 5) is 0. The summed E-state index contributed by atoms with van der Waals surface area (Å²) in [6, 6.07) is 11.3. The lowest BCUT2D eigenvalue weighted by Gasteiger charge is -2.21. The van der Waals surface area contributed by atoms with Crippen LogP contribution in [0.5, 0.6) is 11.5 Å². The highest BCUT2D eigenvalue weighted by atomic mass is 35.5. The van der Waals surface area contributed by atoms with Crippen molar-refractivity contribution < 1.29 is 9.47 Å². The topological polar surface area (TPSA) is 30.5 Å². The Kier molecular flexibility index (Phi) is 6.39. The molecule has 1 N–H and O–H groups in total. The van der Waals surface area contributed by atoms with Crippen LogP contribution in [0.1, 0.15) is 31.9 Å². The van der Waals surface area contributed by atoms with Gasteiger partial charge in [-0.15, -0.1) is 0 Å². The molecule has 0 saturated heterocycles. The average Bonchev–Trinajstić information content (AvgIpc) is 2.52. The predicted octanol–water partition coefficient (Wildman–Crippen LogP) is 5.47. The van der Waals surface area contributed by atoms with Crippen molar-refractivity contribution in [1.82, 2.24) is 5.32 Å². The van der Waals surface area contributed by atoms with E-state index in [4.69, 9.17) is 32.7 Å². The maximum absolute atomic E-state index is 6.40. The second kappa shape index (κ2) is 8.11. The van der Waals surface area contributed by atoms with Gasteiger partial charge in [-0.05, 0) is 50.1 Å². The minimum atomic E-state index is 0.0142. The van der Waals surface area contributed by atoms with Gasteiger partial charge in [0.15, 0.2) is 11.5 Å². The molecule has 0 aliphatic carbocycles. The van der Waals surface area contributed by atoms with Gasteiger partial charge in [0.05, 0.1) is 7.11 Å². The van der Waals surface area contributed by atoms with Crippen LogP contribution in [0.2, 0.25) is 10.0 Å². The summed E-state index contributed by atoms with van der Waals surface area (Å²) < 4.78 is 11.3. The Hall–Kier alpha value is -1.42. The first kappa shape index (κ1) is 18.9. The number of benzene rings is 2. The van der Waals surface area contributed by atoms with Gasteiger partial charge in [0.1, 0.15) is 6.61 Å². The Morgan fingerprint density at radius 2 is 1.67 bits per heavy atom. The molecule has 0 heterocycles. The fourth-order valence-corrected chi connectivity index (χ4v) is 2.43. The predicted molar refractivity (Wildman–Crippen MR) is 100 cm³/mol. The van der Waals surface area contributed by atoms with Gasteiger partial charge in [0.2, 0.25) is 0 Å². The highest BCUT2D eigenvalue weighted by Gasteiger charge is 2.14. The number of halogens is 2. The second-order valence-electron chi connectivity index (χ2n) is 6.61. The van der Waals surface area contributed by atoms with Gasteiger partial charge in [-0.2, -0.15) is 0 Å². The van der Waals surface area contributed by atoms with Gasteiger partial charge < -0.3 is 14.8 Å². The molecule has 130 valence electrons. The van der Waals surface area contributed by atoms with Crippen LogP contribution >= 0.6 is 23.2 Å². The molecule has 0 radical (unpaired) electrons. The van der Waals surface area contributed by atoms with Crippen LogP contribution < -0.4 is 14.8 Å². The third kappa shape index (κ3) is 5.59. The Morgan fingerprint density at radius 1 is 1.00 bits per heavy atom. The van der Waals surface area contributed by atoms with Crippen LogP contribution in [0.15, 0.2) is 36.4 Å². The lowest BCUT2D eigenvalue weighted by Crippen LogP contribution is -2.35. The van der Waals surface area contributed by atoms with Crippen molar-refractivity contribution in [2.24, 2.45) is 0 Å². The Labute approximate surface area is 153 Å². The van der Waals surface area contributed by atoms with Crippen molar-refractivity contribution in [3.8, 4) is 11.5 Å². The SMILES string of the molecule is COc1cc(CNC(C)(C)C)c(Cl)cc1OCc1ccc(Cl)cc1. The molecule has 0 aromatic heterocycles. The monoisotopic (exact) mass is 367 g/mol. The first-order chi connectivity index (χ1) is 11.3. The number of nitrogens with one attached hydrogen (secondary N) is 1. The number of hydrogen-bond donors (Lipinski definition) is 1. The zero-order valence-electron chi connectivity index (χ0n) is 14.5. The summed E-state index contributed by atoms with van der Waals surface area (Å²) >= 11 is 12.3. The van der Waals surface area contributed by atoms with E-state index in [-0.39, 0.29) is 5.54 Å². The van der Waals surface area contributed by atoms with Gasteiger partial charge in [-0.25, -0.2) is 0 Å². The molecule has 0 bridgehead atoms. The van der Waals surface area contributed by atoms with E-state index in [9.17, 15) is 0 Å². The quantitative estimate of drug-likeness (QED) is 0.734. The molecule has 0 spiro atoms. The van der Waals surface area contributed by atoms with Crippen LogP contribution in [-0.2, 0) is 13.2 Å². The Bertz CT molecular complexity index is 679. The van der Waals surface area contributed by atoms with Crippen LogP contribution in [-0.4, -0.2) is 12.6 Å². The van der Waals surface area contributed by atoms with Crippen molar-refractivity contribution >= 4 is 23.2 Å². The van der Waals surface area contributed by atoms with Gasteiger partial charge in [0.25, 0.3) is 0 Å². The molecule has 0 unspecified atom stereocenters. The number of rotatable bonds is 6. The average molecular weight is 368 g/mol. The first-order valence-corrected chi connectivity index (χ1v) is 8.53. The molecule has 2 aromatic rings. The normalized spacial score (nSPS) is 11.4. The summed E-state index contributed by atoms with van der Waals surface area (Å²) in [5, 5.41) is 4.77. The van der Waals surface area contributed by atoms with E-state index < -0.39 is 0 Å². The third-order valence-corrected chi connectivity index (χ3v) is 4.05. The number of ether oxygens (including phenoxy) is 2. The fraction of sp³-hybridized carbons (Fsp3) is 0.368. The molecular formula is C19H23Cl2NO2. The van der Waals surface area contributed by atoms with E-state index in [0.717, 1.165) is 11.1 Å². The molecular weight excluding hydrogens is 345 g/mol. The number of methoxy groups -OCH3 is 1. The molecule has 3 nitrogen and oxygen atoms in total. The summed E-state index contributed by atoms with van der Waals surface area (Å²) in [6.07, 6.45) is 0. The van der Waals surface area contributed by atoms with E-state index in [0.29, 0.717) is 34.7 Å². The van der Waals surface area contributed by atoms with Gasteiger partial charge in [0, 0.05) is 28.2 Å². The van der Waals surface area contributed by atoms with E-state index in [1.165, 1.54) is 0 Å². The Morgan fingerprint density at radius 3 is 2.25 bits per heavy atom. The molecule has 0 aliphatic rings. The van der Waals surface area contributed by atoms with Gasteiger partial charge >= 0.3 is 0 Å². The summed E-state index contributed by atoms with van der Waals surface area (Å²) in [5.41, 5.74) is 2.01. The van der Waals surface area contributed by atoms with Gasteiger partial charge in [-0.3, -0.25) is 0 Å². The lowest BCUT2D eigenvalue weighted by molar-refractivity contribution is 0.284. The van der Waals surface area contributed by atoms with E-state index in [1.807, 2.05) is 30.3 Å². The summed E-state index contributed by atoms with van der Waals surface area (Å²) in [7, 11) is 1.62. The first-order valence-electron chi connectivity index (χ1n) is 7.77. The number of hydrogen-bond acceptors (Lipinski definition) is 3. The lowest BCUT2D eigenvalue weighted by atomic mass is 10.1. The largest absolute Gasteiger partial charge is 0.493 e. The highest BCUT2D eigenvalue weighted by molar-refractivity contribution is 6.31. The Balaban J connectivity index is 2.12. The zero-order chi connectivity index (χ0) is 17.7. The molecule has 2 rings (SSSR count). The zero-order valence-corrected chi connectivity index (χ0v) is 16.0. The molecule has 2 aromatic carbocycles. The molecule has 0 aliphatic heterocycles. The van der Waals surface area contributed by atoms with Crippen LogP contribution in [0, 0.1) is 0 Å². The molecule has 5 heteroatoms. The van der Waals surface area contributed by atoms with E-state index in [2.05, 4.69) is 26.1 Å². The van der Waals surface area contributed by atoms with Crippen molar-refractivity contribution in [3.05, 3.63) is 57.6 Å². The van der Waals surface area contributed by atoms with E-state index in [1.54, 1.807) is 13.2 Å². The van der Waals surface area contributed by atoms with Crippen molar-refractivity contribution in [2.75, 3.05) is 7.11 Å². The molecule has 0 fully saturated rings. The minimum absolute atomic E-state index is 0.0142. The standard InChI is InChI=1S/C19H23Cl2NO2/c1-19(2,3)22-11-14-9-17(23-4)18(10-16(14)21)24-12-13-5-7-15(20)8-6-13/h5-10,22H,11-12H2,1-4H3. The molecule has 0 saturated carbocycles. The minimum Gasteiger partial charge on any atom is -0.493 e. The molecule has 0 atom stereocenters. The van der Waals surface area contributed by atoms with Crippen LogP contribution in [0.3, 0.4) is 0 Å². The smallest absolute Gasteiger partial charge is 0.163 e. The fourth-order valence-electron chi connectivity index (χ4n) is 2.09.